The molecule has 0 saturated carbocycles. The van der Waals surface area contributed by atoms with Crippen LogP contribution < -0.4 is 9.74 Å². The van der Waals surface area contributed by atoms with E-state index in [1.807, 2.05) is 24.3 Å². The van der Waals surface area contributed by atoms with Gasteiger partial charge in [0.2, 0.25) is 0 Å². The summed E-state index contributed by atoms with van der Waals surface area (Å²) in [7, 11) is -2.11. The number of rotatable bonds is 9. The lowest BCUT2D eigenvalue weighted by atomic mass is 10.1. The molecule has 0 bridgehead atoms. The minimum atomic E-state index is -2.11. The summed E-state index contributed by atoms with van der Waals surface area (Å²) in [4.78, 5) is 23.7. The molecule has 1 rings (SSSR count). The van der Waals surface area contributed by atoms with E-state index in [9.17, 15) is 14.7 Å². The van der Waals surface area contributed by atoms with Gasteiger partial charge >= 0.3 is 12.1 Å². The summed E-state index contributed by atoms with van der Waals surface area (Å²) in [5, 5.41) is 12.0. The molecule has 0 heterocycles. The molecular formula is C23H39NO5Si. The molecule has 0 radical (unpaired) electrons. The molecule has 0 fully saturated rings. The average molecular weight is 438 g/mol. The van der Waals surface area contributed by atoms with Crippen LogP contribution in [-0.4, -0.2) is 37.1 Å². The highest BCUT2D eigenvalue weighted by Crippen LogP contribution is 2.42. The molecule has 170 valence electrons. The van der Waals surface area contributed by atoms with E-state index in [0.717, 1.165) is 11.3 Å². The third-order valence-electron chi connectivity index (χ3n) is 5.33. The molecule has 0 aliphatic heterocycles. The fraction of sp³-hybridized carbons (Fsp3) is 0.652. The molecule has 0 aliphatic rings. The van der Waals surface area contributed by atoms with Gasteiger partial charge in [-0.1, -0.05) is 53.7 Å². The SMILES string of the molecule is CC(C)[Si](Oc1cccc(C[C@H](NC(=O)OC(C)(C)C)C(=O)O)c1)(C(C)C)C(C)C. The third kappa shape index (κ3) is 7.04. The van der Waals surface area contributed by atoms with Crippen LogP contribution in [0.1, 0.15) is 67.9 Å². The van der Waals surface area contributed by atoms with Crippen LogP contribution in [0.2, 0.25) is 16.6 Å². The Kier molecular flexibility index (Phi) is 8.96. The van der Waals surface area contributed by atoms with Crippen molar-refractivity contribution in [3.63, 3.8) is 0 Å². The van der Waals surface area contributed by atoms with Crippen molar-refractivity contribution in [2.45, 2.75) is 97.0 Å². The van der Waals surface area contributed by atoms with E-state index in [2.05, 4.69) is 46.9 Å². The van der Waals surface area contributed by atoms with Crippen LogP contribution >= 0.6 is 0 Å². The summed E-state index contributed by atoms with van der Waals surface area (Å²) in [6, 6.07) is 6.45. The van der Waals surface area contributed by atoms with E-state index in [4.69, 9.17) is 9.16 Å². The Morgan fingerprint density at radius 2 is 1.57 bits per heavy atom. The Labute approximate surface area is 182 Å². The molecule has 6 nitrogen and oxygen atoms in total. The van der Waals surface area contributed by atoms with Gasteiger partial charge < -0.3 is 19.6 Å². The molecule has 0 aromatic heterocycles. The first kappa shape index (κ1) is 26.0. The maximum absolute atomic E-state index is 12.0. The van der Waals surface area contributed by atoms with Crippen LogP contribution in [0.25, 0.3) is 0 Å². The zero-order valence-corrected chi connectivity index (χ0v) is 20.9. The lowest BCUT2D eigenvalue weighted by molar-refractivity contribution is -0.139. The largest absolute Gasteiger partial charge is 0.543 e. The molecule has 7 heteroatoms. The number of carbonyl (C=O) groups is 2. The summed E-state index contributed by atoms with van der Waals surface area (Å²) in [6.07, 6.45) is -0.598. The number of nitrogens with one attached hydrogen (secondary N) is 1. The van der Waals surface area contributed by atoms with Crippen molar-refractivity contribution < 1.29 is 23.9 Å². The second kappa shape index (κ2) is 10.3. The van der Waals surface area contributed by atoms with Gasteiger partial charge in [-0.3, -0.25) is 0 Å². The molecule has 1 atom stereocenters. The van der Waals surface area contributed by atoms with Gasteiger partial charge in [-0.15, -0.1) is 0 Å². The first-order valence-corrected chi connectivity index (χ1v) is 12.8. The molecule has 30 heavy (non-hydrogen) atoms. The van der Waals surface area contributed by atoms with Crippen molar-refractivity contribution in [1.82, 2.24) is 5.32 Å². The van der Waals surface area contributed by atoms with E-state index in [1.54, 1.807) is 20.8 Å². The maximum atomic E-state index is 12.0. The van der Waals surface area contributed by atoms with Gasteiger partial charge in [-0.2, -0.15) is 0 Å². The fourth-order valence-corrected chi connectivity index (χ4v) is 9.42. The van der Waals surface area contributed by atoms with Gasteiger partial charge in [-0.25, -0.2) is 9.59 Å². The first-order valence-electron chi connectivity index (χ1n) is 10.7. The van der Waals surface area contributed by atoms with E-state index in [0.29, 0.717) is 16.6 Å². The van der Waals surface area contributed by atoms with Crippen LogP contribution in [-0.2, 0) is 16.0 Å². The molecule has 0 aliphatic carbocycles. The smallest absolute Gasteiger partial charge is 0.408 e. The molecule has 0 spiro atoms. The fourth-order valence-electron chi connectivity index (χ4n) is 4.18. The molecule has 1 aromatic carbocycles. The van der Waals surface area contributed by atoms with Gasteiger partial charge in [-0.05, 0) is 55.1 Å². The Bertz CT molecular complexity index is 703. The minimum Gasteiger partial charge on any atom is -0.543 e. The standard InChI is InChI=1S/C23H39NO5Si/c1-15(2)30(16(3)4,17(5)6)29-19-12-10-11-18(13-19)14-20(21(25)26)24-22(27)28-23(7,8)9/h10-13,15-17,20H,14H2,1-9H3,(H,24,27)(H,25,26)/t20-/m0/s1. The highest BCUT2D eigenvalue weighted by molar-refractivity contribution is 6.78. The number of carboxylic acid groups (broad SMARTS) is 1. The van der Waals surface area contributed by atoms with E-state index < -0.39 is 32.0 Å². The Morgan fingerprint density at radius 1 is 1.03 bits per heavy atom. The van der Waals surface area contributed by atoms with Gasteiger partial charge in [0.05, 0.1) is 0 Å². The summed E-state index contributed by atoms with van der Waals surface area (Å²) < 4.78 is 11.9. The number of carboxylic acids is 1. The number of benzene rings is 1. The zero-order valence-electron chi connectivity index (χ0n) is 19.9. The molecule has 0 saturated heterocycles. The van der Waals surface area contributed by atoms with Crippen LogP contribution in [0.15, 0.2) is 24.3 Å². The number of amides is 1. The average Bonchev–Trinajstić information content (AvgIpc) is 2.56. The van der Waals surface area contributed by atoms with Crippen molar-refractivity contribution in [2.75, 3.05) is 0 Å². The summed E-state index contributed by atoms with van der Waals surface area (Å²) >= 11 is 0. The zero-order chi connectivity index (χ0) is 23.3. The highest BCUT2D eigenvalue weighted by atomic mass is 28.4. The Balaban J connectivity index is 3.06. The molecule has 0 unspecified atom stereocenters. The first-order chi connectivity index (χ1) is 13.7. The molecule has 1 aromatic rings. The van der Waals surface area contributed by atoms with E-state index in [-0.39, 0.29) is 6.42 Å². The lowest BCUT2D eigenvalue weighted by Gasteiger charge is -2.42. The van der Waals surface area contributed by atoms with Crippen LogP contribution in [0.4, 0.5) is 4.79 Å². The number of carbonyl (C=O) groups excluding carboxylic acids is 1. The molecule has 1 amide bonds. The molecular weight excluding hydrogens is 398 g/mol. The van der Waals surface area contributed by atoms with Gasteiger partial charge in [0.1, 0.15) is 17.4 Å². The van der Waals surface area contributed by atoms with Gasteiger partial charge in [0.15, 0.2) is 0 Å². The monoisotopic (exact) mass is 437 g/mol. The number of ether oxygens (including phenoxy) is 1. The number of aliphatic carboxylic acids is 1. The Morgan fingerprint density at radius 3 is 2.00 bits per heavy atom. The lowest BCUT2D eigenvalue weighted by Crippen LogP contribution is -2.50. The van der Waals surface area contributed by atoms with Crippen LogP contribution in [0.5, 0.6) is 5.75 Å². The Hall–Kier alpha value is -2.02. The molecule has 2 N–H and O–H groups in total. The third-order valence-corrected chi connectivity index (χ3v) is 11.3. The van der Waals surface area contributed by atoms with Crippen molar-refractivity contribution in [2.24, 2.45) is 0 Å². The van der Waals surface area contributed by atoms with E-state index >= 15 is 0 Å². The quantitative estimate of drug-likeness (QED) is 0.480. The highest BCUT2D eigenvalue weighted by Gasteiger charge is 2.47. The van der Waals surface area contributed by atoms with Gasteiger partial charge in [0.25, 0.3) is 8.32 Å². The predicted molar refractivity (Wildman–Crippen MR) is 123 cm³/mol. The summed E-state index contributed by atoms with van der Waals surface area (Å²) in [5.74, 6) is -0.348. The van der Waals surface area contributed by atoms with Crippen LogP contribution in [0.3, 0.4) is 0 Å². The van der Waals surface area contributed by atoms with Crippen molar-refractivity contribution in [3.05, 3.63) is 29.8 Å². The second-order valence-corrected chi connectivity index (χ2v) is 15.2. The summed E-state index contributed by atoms with van der Waals surface area (Å²) in [6.45, 7) is 18.5. The van der Waals surface area contributed by atoms with Gasteiger partial charge in [0, 0.05) is 6.42 Å². The minimum absolute atomic E-state index is 0.144. The van der Waals surface area contributed by atoms with Crippen molar-refractivity contribution in [1.29, 1.82) is 0 Å². The van der Waals surface area contributed by atoms with E-state index in [1.165, 1.54) is 0 Å². The predicted octanol–water partition coefficient (Wildman–Crippen LogP) is 5.76. The normalized spacial score (nSPS) is 13.5. The number of hydrogen-bond donors (Lipinski definition) is 2. The second-order valence-electron chi connectivity index (χ2n) is 9.81. The van der Waals surface area contributed by atoms with Crippen molar-refractivity contribution >= 4 is 20.4 Å². The number of alkyl carbamates (subject to hydrolysis) is 1. The topological polar surface area (TPSA) is 84.9 Å². The van der Waals surface area contributed by atoms with Crippen molar-refractivity contribution in [3.8, 4) is 5.75 Å². The van der Waals surface area contributed by atoms with Crippen LogP contribution in [0, 0.1) is 0 Å². The number of hydrogen-bond acceptors (Lipinski definition) is 4. The maximum Gasteiger partial charge on any atom is 0.408 e. The summed E-state index contributed by atoms with van der Waals surface area (Å²) in [5.41, 5.74) is 1.39.